The van der Waals surface area contributed by atoms with Crippen molar-refractivity contribution in [2.75, 3.05) is 5.32 Å². The summed E-state index contributed by atoms with van der Waals surface area (Å²) in [5.41, 5.74) is 0.541. The van der Waals surface area contributed by atoms with Crippen LogP contribution in [0.25, 0.3) is 0 Å². The molecule has 0 bridgehead atoms. The molecule has 0 spiro atoms. The predicted octanol–water partition coefficient (Wildman–Crippen LogP) is 2.83. The minimum Gasteiger partial charge on any atom is -0.343 e. The van der Waals surface area contributed by atoms with Gasteiger partial charge >= 0.3 is 11.8 Å². The third kappa shape index (κ3) is 5.96. The molecular weight excluding hydrogens is 278 g/mol. The van der Waals surface area contributed by atoms with Gasteiger partial charge in [0.2, 0.25) is 0 Å². The largest absolute Gasteiger partial charge is 0.343 e. The van der Waals surface area contributed by atoms with E-state index in [1.165, 1.54) is 0 Å². The first kappa shape index (κ1) is 17.7. The van der Waals surface area contributed by atoms with Crippen LogP contribution in [0.3, 0.4) is 0 Å². The Kier molecular flexibility index (Phi) is 5.32. The maximum absolute atomic E-state index is 12.0. The summed E-state index contributed by atoms with van der Waals surface area (Å²) in [5, 5.41) is 14.0. The number of anilines is 1. The maximum Gasteiger partial charge on any atom is 0.313 e. The lowest BCUT2D eigenvalue weighted by atomic mass is 9.82. The Bertz CT molecular complexity index is 590. The van der Waals surface area contributed by atoms with Crippen LogP contribution in [-0.2, 0) is 9.59 Å². The molecule has 1 aromatic carbocycles. The minimum atomic E-state index is -0.716. The smallest absolute Gasteiger partial charge is 0.313 e. The average Bonchev–Trinajstić information content (AvgIpc) is 2.36. The van der Waals surface area contributed by atoms with Crippen LogP contribution in [-0.4, -0.2) is 17.4 Å². The van der Waals surface area contributed by atoms with Crippen molar-refractivity contribution in [2.45, 2.75) is 46.6 Å². The first-order chi connectivity index (χ1) is 10.0. The van der Waals surface area contributed by atoms with Crippen LogP contribution in [0.1, 0.15) is 46.6 Å². The molecule has 0 heterocycles. The van der Waals surface area contributed by atoms with Crippen LogP contribution in [0, 0.1) is 16.7 Å². The van der Waals surface area contributed by atoms with E-state index in [0.29, 0.717) is 11.3 Å². The molecule has 0 atom stereocenters. The standard InChI is InChI=1S/C17H23N3O2/c1-16(2,3)11-17(4,5)20-15(22)14(21)19-13-8-6-12(10-18)7-9-13/h6-9H,11H2,1-5H3,(H,19,21)(H,20,22). The van der Waals surface area contributed by atoms with E-state index in [2.05, 4.69) is 31.4 Å². The summed E-state index contributed by atoms with van der Waals surface area (Å²) in [7, 11) is 0. The zero-order valence-corrected chi connectivity index (χ0v) is 13.8. The van der Waals surface area contributed by atoms with Gasteiger partial charge in [0.05, 0.1) is 11.6 Å². The van der Waals surface area contributed by atoms with Gasteiger partial charge in [-0.25, -0.2) is 0 Å². The second-order valence-corrected chi connectivity index (χ2v) is 7.22. The van der Waals surface area contributed by atoms with E-state index in [0.717, 1.165) is 6.42 Å². The molecule has 5 heteroatoms. The van der Waals surface area contributed by atoms with Crippen molar-refractivity contribution in [3.05, 3.63) is 29.8 Å². The van der Waals surface area contributed by atoms with Gasteiger partial charge in [0.1, 0.15) is 0 Å². The summed E-state index contributed by atoms with van der Waals surface area (Å²) >= 11 is 0. The predicted molar refractivity (Wildman–Crippen MR) is 86.1 cm³/mol. The first-order valence-corrected chi connectivity index (χ1v) is 7.16. The lowest BCUT2D eigenvalue weighted by molar-refractivity contribution is -0.137. The van der Waals surface area contributed by atoms with E-state index >= 15 is 0 Å². The van der Waals surface area contributed by atoms with Crippen LogP contribution in [0.2, 0.25) is 0 Å². The zero-order chi connectivity index (χ0) is 17.0. The number of hydrogen-bond donors (Lipinski definition) is 2. The lowest BCUT2D eigenvalue weighted by Crippen LogP contribution is -2.49. The fourth-order valence-electron chi connectivity index (χ4n) is 2.55. The van der Waals surface area contributed by atoms with Gasteiger partial charge in [-0.05, 0) is 49.9 Å². The first-order valence-electron chi connectivity index (χ1n) is 7.16. The van der Waals surface area contributed by atoms with Crippen molar-refractivity contribution in [3.8, 4) is 6.07 Å². The van der Waals surface area contributed by atoms with Gasteiger partial charge in [-0.15, -0.1) is 0 Å². The fourth-order valence-corrected chi connectivity index (χ4v) is 2.55. The highest BCUT2D eigenvalue weighted by molar-refractivity contribution is 6.39. The third-order valence-electron chi connectivity index (χ3n) is 2.90. The number of hydrogen-bond acceptors (Lipinski definition) is 3. The van der Waals surface area contributed by atoms with E-state index in [4.69, 9.17) is 5.26 Å². The normalized spacial score (nSPS) is 11.5. The van der Waals surface area contributed by atoms with Crippen LogP contribution >= 0.6 is 0 Å². The average molecular weight is 301 g/mol. The molecule has 0 aliphatic heterocycles. The van der Waals surface area contributed by atoms with Gasteiger partial charge in [0.15, 0.2) is 0 Å². The number of nitriles is 1. The molecule has 0 aliphatic rings. The molecule has 5 nitrogen and oxygen atoms in total. The topological polar surface area (TPSA) is 82.0 Å². The number of rotatable bonds is 3. The highest BCUT2D eigenvalue weighted by Crippen LogP contribution is 2.26. The molecule has 0 unspecified atom stereocenters. The Labute approximate surface area is 131 Å². The molecule has 2 amide bonds. The second-order valence-electron chi connectivity index (χ2n) is 7.22. The molecule has 2 N–H and O–H groups in total. The monoisotopic (exact) mass is 301 g/mol. The molecule has 0 fully saturated rings. The van der Waals surface area contributed by atoms with Gasteiger partial charge in [-0.3, -0.25) is 9.59 Å². The molecule has 0 saturated carbocycles. The van der Waals surface area contributed by atoms with Gasteiger partial charge in [-0.1, -0.05) is 20.8 Å². The van der Waals surface area contributed by atoms with Crippen molar-refractivity contribution in [1.82, 2.24) is 5.32 Å². The van der Waals surface area contributed by atoms with E-state index in [-0.39, 0.29) is 5.41 Å². The van der Waals surface area contributed by atoms with Crippen LogP contribution in [0.15, 0.2) is 24.3 Å². The molecule has 0 saturated heterocycles. The number of nitrogens with zero attached hydrogens (tertiary/aromatic N) is 1. The number of amides is 2. The molecule has 1 aromatic rings. The van der Waals surface area contributed by atoms with Gasteiger partial charge in [-0.2, -0.15) is 5.26 Å². The van der Waals surface area contributed by atoms with Crippen molar-refractivity contribution in [3.63, 3.8) is 0 Å². The molecule has 0 aliphatic carbocycles. The Balaban J connectivity index is 2.65. The second kappa shape index (κ2) is 6.61. The molecule has 1 rings (SSSR count). The van der Waals surface area contributed by atoms with E-state index in [1.807, 2.05) is 19.9 Å². The van der Waals surface area contributed by atoms with Crippen molar-refractivity contribution < 1.29 is 9.59 Å². The maximum atomic E-state index is 12.0. The number of nitrogens with one attached hydrogen (secondary N) is 2. The van der Waals surface area contributed by atoms with Crippen molar-refractivity contribution in [2.24, 2.45) is 5.41 Å². The zero-order valence-electron chi connectivity index (χ0n) is 13.8. The highest BCUT2D eigenvalue weighted by Gasteiger charge is 2.29. The molecule has 118 valence electrons. The fraction of sp³-hybridized carbons (Fsp3) is 0.471. The summed E-state index contributed by atoms with van der Waals surface area (Å²) in [6.07, 6.45) is 0.746. The Morgan fingerprint density at radius 3 is 2.05 bits per heavy atom. The van der Waals surface area contributed by atoms with Crippen LogP contribution in [0.4, 0.5) is 5.69 Å². The summed E-state index contributed by atoms with van der Waals surface area (Å²) in [5.74, 6) is -1.38. The Morgan fingerprint density at radius 1 is 1.05 bits per heavy atom. The molecule has 22 heavy (non-hydrogen) atoms. The van der Waals surface area contributed by atoms with Gasteiger partial charge < -0.3 is 10.6 Å². The van der Waals surface area contributed by atoms with Gasteiger partial charge in [0, 0.05) is 11.2 Å². The summed E-state index contributed by atoms with van der Waals surface area (Å²) in [6.45, 7) is 10.0. The van der Waals surface area contributed by atoms with E-state index in [9.17, 15) is 9.59 Å². The minimum absolute atomic E-state index is 0.0420. The Hall–Kier alpha value is -2.35. The highest BCUT2D eigenvalue weighted by atomic mass is 16.2. The summed E-state index contributed by atoms with van der Waals surface area (Å²) in [4.78, 5) is 23.9. The lowest BCUT2D eigenvalue weighted by Gasteiger charge is -2.33. The van der Waals surface area contributed by atoms with Crippen molar-refractivity contribution in [1.29, 1.82) is 5.26 Å². The van der Waals surface area contributed by atoms with E-state index < -0.39 is 17.4 Å². The van der Waals surface area contributed by atoms with Crippen LogP contribution in [0.5, 0.6) is 0 Å². The van der Waals surface area contributed by atoms with Crippen LogP contribution < -0.4 is 10.6 Å². The quantitative estimate of drug-likeness (QED) is 0.842. The molecule has 0 radical (unpaired) electrons. The van der Waals surface area contributed by atoms with Gasteiger partial charge in [0.25, 0.3) is 0 Å². The van der Waals surface area contributed by atoms with Crippen molar-refractivity contribution >= 4 is 17.5 Å². The number of carbonyl (C=O) groups is 2. The van der Waals surface area contributed by atoms with E-state index in [1.54, 1.807) is 24.3 Å². The molecular formula is C17H23N3O2. The number of carbonyl (C=O) groups excluding carboxylic acids is 2. The Morgan fingerprint density at radius 2 is 1.59 bits per heavy atom. The summed E-state index contributed by atoms with van der Waals surface area (Å²) < 4.78 is 0. The third-order valence-corrected chi connectivity index (χ3v) is 2.90. The number of benzene rings is 1. The molecule has 0 aromatic heterocycles. The summed E-state index contributed by atoms with van der Waals surface area (Å²) in [6, 6.07) is 8.33. The SMILES string of the molecule is CC(C)(C)CC(C)(C)NC(=O)C(=O)Nc1ccc(C#N)cc1.